The quantitative estimate of drug-likeness (QED) is 0.641. The van der Waals surface area contributed by atoms with Gasteiger partial charge in [-0.3, -0.25) is 5.10 Å². The SMILES string of the molecule is N[C@H](Cc1ccc(O)cc1)c1nc(-c2ncn[nH]2)no1. The van der Waals surface area contributed by atoms with Gasteiger partial charge >= 0.3 is 0 Å². The molecule has 8 nitrogen and oxygen atoms in total. The Morgan fingerprint density at radius 2 is 2.10 bits per heavy atom. The van der Waals surface area contributed by atoms with Crippen molar-refractivity contribution in [1.29, 1.82) is 0 Å². The number of hydrogen-bond donors (Lipinski definition) is 3. The molecule has 20 heavy (non-hydrogen) atoms. The largest absolute Gasteiger partial charge is 0.508 e. The summed E-state index contributed by atoms with van der Waals surface area (Å²) in [5.41, 5.74) is 6.99. The van der Waals surface area contributed by atoms with Gasteiger partial charge in [0.2, 0.25) is 11.7 Å². The Morgan fingerprint density at radius 3 is 2.80 bits per heavy atom. The minimum atomic E-state index is -0.427. The third-order valence-corrected chi connectivity index (χ3v) is 2.78. The van der Waals surface area contributed by atoms with E-state index in [0.29, 0.717) is 24.0 Å². The second-order valence-electron chi connectivity index (χ2n) is 4.27. The predicted molar refractivity (Wildman–Crippen MR) is 68.4 cm³/mol. The summed E-state index contributed by atoms with van der Waals surface area (Å²) < 4.78 is 5.12. The van der Waals surface area contributed by atoms with Gasteiger partial charge in [0.05, 0.1) is 6.04 Å². The van der Waals surface area contributed by atoms with E-state index in [4.69, 9.17) is 10.3 Å². The number of benzene rings is 1. The van der Waals surface area contributed by atoms with Crippen LogP contribution in [0.25, 0.3) is 11.6 Å². The topological polar surface area (TPSA) is 127 Å². The molecule has 0 saturated heterocycles. The van der Waals surface area contributed by atoms with E-state index in [1.165, 1.54) is 6.33 Å². The number of hydrogen-bond acceptors (Lipinski definition) is 7. The maximum atomic E-state index is 9.23. The van der Waals surface area contributed by atoms with Crippen LogP contribution >= 0.6 is 0 Å². The fraction of sp³-hybridized carbons (Fsp3) is 0.167. The monoisotopic (exact) mass is 272 g/mol. The first-order valence-electron chi connectivity index (χ1n) is 5.95. The minimum absolute atomic E-state index is 0.215. The highest BCUT2D eigenvalue weighted by Crippen LogP contribution is 2.18. The highest BCUT2D eigenvalue weighted by molar-refractivity contribution is 5.39. The van der Waals surface area contributed by atoms with Gasteiger partial charge in [0, 0.05) is 0 Å². The number of aromatic amines is 1. The Bertz CT molecular complexity index is 676. The van der Waals surface area contributed by atoms with E-state index in [1.807, 2.05) is 0 Å². The third-order valence-electron chi connectivity index (χ3n) is 2.78. The molecule has 0 fully saturated rings. The summed E-state index contributed by atoms with van der Waals surface area (Å²) >= 11 is 0. The zero-order valence-electron chi connectivity index (χ0n) is 10.4. The van der Waals surface area contributed by atoms with Gasteiger partial charge in [0.1, 0.15) is 12.1 Å². The van der Waals surface area contributed by atoms with E-state index >= 15 is 0 Å². The Balaban J connectivity index is 1.74. The summed E-state index contributed by atoms with van der Waals surface area (Å²) in [4.78, 5) is 8.11. The van der Waals surface area contributed by atoms with E-state index in [9.17, 15) is 5.11 Å². The van der Waals surface area contributed by atoms with E-state index in [0.717, 1.165) is 5.56 Å². The van der Waals surface area contributed by atoms with Gasteiger partial charge in [-0.1, -0.05) is 17.3 Å². The molecule has 0 saturated carbocycles. The smallest absolute Gasteiger partial charge is 0.244 e. The van der Waals surface area contributed by atoms with Crippen molar-refractivity contribution in [2.75, 3.05) is 0 Å². The van der Waals surface area contributed by atoms with Crippen LogP contribution in [0.1, 0.15) is 17.5 Å². The van der Waals surface area contributed by atoms with E-state index in [1.54, 1.807) is 24.3 Å². The lowest BCUT2D eigenvalue weighted by atomic mass is 10.1. The number of nitrogens with zero attached hydrogens (tertiary/aromatic N) is 4. The fourth-order valence-corrected chi connectivity index (χ4v) is 1.77. The van der Waals surface area contributed by atoms with Crippen LogP contribution in [0.3, 0.4) is 0 Å². The van der Waals surface area contributed by atoms with Gasteiger partial charge in [-0.25, -0.2) is 4.98 Å². The summed E-state index contributed by atoms with van der Waals surface area (Å²) in [7, 11) is 0. The van der Waals surface area contributed by atoms with E-state index < -0.39 is 6.04 Å². The van der Waals surface area contributed by atoms with Crippen molar-refractivity contribution in [2.45, 2.75) is 12.5 Å². The molecule has 0 aliphatic heterocycles. The normalized spacial score (nSPS) is 12.4. The first-order valence-corrected chi connectivity index (χ1v) is 5.95. The zero-order chi connectivity index (χ0) is 13.9. The first-order chi connectivity index (χ1) is 9.72. The fourth-order valence-electron chi connectivity index (χ4n) is 1.77. The highest BCUT2D eigenvalue weighted by Gasteiger charge is 2.17. The maximum Gasteiger partial charge on any atom is 0.244 e. The molecule has 2 heterocycles. The second-order valence-corrected chi connectivity index (χ2v) is 4.27. The number of phenols is 1. The highest BCUT2D eigenvalue weighted by atomic mass is 16.5. The lowest BCUT2D eigenvalue weighted by Crippen LogP contribution is -2.13. The molecule has 0 aliphatic carbocycles. The average molecular weight is 272 g/mol. The molecule has 0 spiro atoms. The number of H-pyrrole nitrogens is 1. The van der Waals surface area contributed by atoms with E-state index in [-0.39, 0.29) is 5.75 Å². The standard InChI is InChI=1S/C12H12N6O2/c13-9(5-7-1-3-8(19)4-2-7)12-16-11(18-20-12)10-14-6-15-17-10/h1-4,6,9,19H,5,13H2,(H,14,15,17)/t9-/m1/s1. The molecule has 0 amide bonds. The molecule has 1 aromatic carbocycles. The molecule has 0 aliphatic rings. The van der Waals surface area contributed by atoms with Crippen LogP contribution in [0.4, 0.5) is 0 Å². The maximum absolute atomic E-state index is 9.23. The van der Waals surface area contributed by atoms with E-state index in [2.05, 4.69) is 25.3 Å². The van der Waals surface area contributed by atoms with Crippen LogP contribution in [0, 0.1) is 0 Å². The Morgan fingerprint density at radius 1 is 1.30 bits per heavy atom. The average Bonchev–Trinajstić information content (AvgIpc) is 3.11. The van der Waals surface area contributed by atoms with Gasteiger partial charge in [-0.05, 0) is 24.1 Å². The molecule has 4 N–H and O–H groups in total. The number of rotatable bonds is 4. The summed E-state index contributed by atoms with van der Waals surface area (Å²) in [5, 5.41) is 19.4. The summed E-state index contributed by atoms with van der Waals surface area (Å²) in [5.74, 6) is 1.28. The van der Waals surface area contributed by atoms with Crippen LogP contribution in [-0.4, -0.2) is 30.4 Å². The van der Waals surface area contributed by atoms with Crippen LogP contribution in [0.15, 0.2) is 35.1 Å². The van der Waals surface area contributed by atoms with Gasteiger partial charge < -0.3 is 15.4 Å². The van der Waals surface area contributed by atoms with Crippen molar-refractivity contribution in [1.82, 2.24) is 25.3 Å². The van der Waals surface area contributed by atoms with Gasteiger partial charge in [-0.15, -0.1) is 0 Å². The molecule has 3 rings (SSSR count). The predicted octanol–water partition coefficient (Wildman–Crippen LogP) is 0.803. The van der Waals surface area contributed by atoms with Crippen LogP contribution in [0.2, 0.25) is 0 Å². The second kappa shape index (κ2) is 5.10. The van der Waals surface area contributed by atoms with Crippen LogP contribution in [0.5, 0.6) is 5.75 Å². The lowest BCUT2D eigenvalue weighted by molar-refractivity contribution is 0.354. The van der Waals surface area contributed by atoms with Crippen molar-refractivity contribution >= 4 is 0 Å². The number of aromatic nitrogens is 5. The van der Waals surface area contributed by atoms with Crippen molar-refractivity contribution in [3.63, 3.8) is 0 Å². The summed E-state index contributed by atoms with van der Waals surface area (Å²) in [6.45, 7) is 0. The van der Waals surface area contributed by atoms with Crippen molar-refractivity contribution in [2.24, 2.45) is 5.73 Å². The zero-order valence-corrected chi connectivity index (χ0v) is 10.4. The van der Waals surface area contributed by atoms with Gasteiger partial charge in [-0.2, -0.15) is 10.1 Å². The molecule has 2 aromatic heterocycles. The van der Waals surface area contributed by atoms with Gasteiger partial charge in [0.15, 0.2) is 5.82 Å². The molecule has 0 unspecified atom stereocenters. The molecule has 1 atom stereocenters. The molecule has 0 radical (unpaired) electrons. The van der Waals surface area contributed by atoms with Crippen molar-refractivity contribution < 1.29 is 9.63 Å². The Hall–Kier alpha value is -2.74. The number of phenolic OH excluding ortho intramolecular Hbond substituents is 1. The summed E-state index contributed by atoms with van der Waals surface area (Å²) in [6.07, 6.45) is 1.89. The summed E-state index contributed by atoms with van der Waals surface area (Å²) in [6, 6.07) is 6.38. The Kier molecular flexibility index (Phi) is 3.13. The Labute approximate surface area is 113 Å². The van der Waals surface area contributed by atoms with Crippen molar-refractivity contribution in [3.05, 3.63) is 42.0 Å². The number of nitrogens with two attached hydrogens (primary N) is 1. The van der Waals surface area contributed by atoms with Gasteiger partial charge in [0.25, 0.3) is 0 Å². The molecular formula is C12H12N6O2. The van der Waals surface area contributed by atoms with Crippen LogP contribution in [-0.2, 0) is 6.42 Å². The minimum Gasteiger partial charge on any atom is -0.508 e. The first kappa shape index (κ1) is 12.3. The molecular weight excluding hydrogens is 260 g/mol. The number of aromatic hydroxyl groups is 1. The molecule has 3 aromatic rings. The van der Waals surface area contributed by atoms with Crippen molar-refractivity contribution in [3.8, 4) is 17.4 Å². The number of nitrogens with one attached hydrogen (secondary N) is 1. The molecule has 102 valence electrons. The van der Waals surface area contributed by atoms with Crippen LogP contribution < -0.4 is 5.73 Å². The third kappa shape index (κ3) is 2.50. The lowest BCUT2D eigenvalue weighted by Gasteiger charge is -2.06. The molecule has 0 bridgehead atoms. The molecule has 8 heteroatoms.